The molecule has 3 N–H and O–H groups in total. The molecule has 208 valence electrons. The molecule has 0 saturated heterocycles. The zero-order valence-electron chi connectivity index (χ0n) is 22.1. The highest BCUT2D eigenvalue weighted by atomic mass is 16.5. The Kier molecular flexibility index (Phi) is 26.6. The first-order valence-electron chi connectivity index (χ1n) is 13.1. The van der Waals surface area contributed by atoms with Crippen molar-refractivity contribution in [3.05, 3.63) is 0 Å². The number of amides is 1. The molecule has 0 unspecified atom stereocenters. The summed E-state index contributed by atoms with van der Waals surface area (Å²) in [6.45, 7) is 10.4. The molecular weight excluding hydrogens is 456 g/mol. The van der Waals surface area contributed by atoms with Gasteiger partial charge in [0.05, 0.1) is 58.9 Å². The Morgan fingerprint density at radius 2 is 1.14 bits per heavy atom. The SMILES string of the molecule is CCCOCCOCCOCCCC(=O)[C@H](CCCCN)NC(=O)COCCOCCOCCC. The molecule has 0 aliphatic carbocycles. The monoisotopic (exact) mass is 506 g/mol. The van der Waals surface area contributed by atoms with Crippen LogP contribution in [0.1, 0.15) is 58.8 Å². The fourth-order valence-electron chi connectivity index (χ4n) is 3.00. The van der Waals surface area contributed by atoms with Gasteiger partial charge in [-0.05, 0) is 45.1 Å². The maximum Gasteiger partial charge on any atom is 0.246 e. The van der Waals surface area contributed by atoms with Crippen molar-refractivity contribution < 1.29 is 38.0 Å². The van der Waals surface area contributed by atoms with Crippen LogP contribution < -0.4 is 11.1 Å². The number of hydrogen-bond acceptors (Lipinski definition) is 9. The second-order valence-electron chi connectivity index (χ2n) is 8.09. The number of carbonyl (C=O) groups is 2. The van der Waals surface area contributed by atoms with Crippen LogP contribution in [0.2, 0.25) is 0 Å². The summed E-state index contributed by atoms with van der Waals surface area (Å²) in [6, 6.07) is -0.531. The molecule has 0 radical (unpaired) electrons. The van der Waals surface area contributed by atoms with Gasteiger partial charge in [0, 0.05) is 26.2 Å². The molecule has 0 aromatic heterocycles. The van der Waals surface area contributed by atoms with E-state index in [1.165, 1.54) is 0 Å². The van der Waals surface area contributed by atoms with Crippen LogP contribution in [-0.4, -0.2) is 104 Å². The third kappa shape index (κ3) is 24.3. The van der Waals surface area contributed by atoms with Crippen molar-refractivity contribution in [3.8, 4) is 0 Å². The van der Waals surface area contributed by atoms with E-state index in [0.717, 1.165) is 38.9 Å². The molecule has 0 heterocycles. The molecule has 0 bridgehead atoms. The first-order chi connectivity index (χ1) is 17.2. The molecule has 10 heteroatoms. The average molecular weight is 507 g/mol. The summed E-state index contributed by atoms with van der Waals surface area (Å²) in [5.41, 5.74) is 5.56. The number of ether oxygens (including phenoxy) is 6. The number of unbranched alkanes of at least 4 members (excludes halogenated alkanes) is 1. The zero-order chi connectivity index (χ0) is 25.8. The van der Waals surface area contributed by atoms with Crippen molar-refractivity contribution in [2.75, 3.05) is 85.8 Å². The molecule has 0 aliphatic rings. The second-order valence-corrected chi connectivity index (χ2v) is 8.09. The molecule has 35 heavy (non-hydrogen) atoms. The van der Waals surface area contributed by atoms with E-state index in [9.17, 15) is 9.59 Å². The largest absolute Gasteiger partial charge is 0.379 e. The number of ketones is 1. The predicted molar refractivity (Wildman–Crippen MR) is 135 cm³/mol. The highest BCUT2D eigenvalue weighted by molar-refractivity contribution is 5.89. The Morgan fingerprint density at radius 3 is 1.66 bits per heavy atom. The van der Waals surface area contributed by atoms with Crippen LogP contribution >= 0.6 is 0 Å². The average Bonchev–Trinajstić information content (AvgIpc) is 2.85. The Balaban J connectivity index is 3.95. The molecule has 1 atom stereocenters. The summed E-state index contributed by atoms with van der Waals surface area (Å²) in [6.07, 6.45) is 5.06. The molecule has 0 spiro atoms. The Morgan fingerprint density at radius 1 is 0.657 bits per heavy atom. The Hall–Kier alpha value is -1.14. The van der Waals surface area contributed by atoms with E-state index in [0.29, 0.717) is 85.3 Å². The van der Waals surface area contributed by atoms with Gasteiger partial charge in [0.25, 0.3) is 0 Å². The molecule has 0 aliphatic heterocycles. The first-order valence-corrected chi connectivity index (χ1v) is 13.1. The Bertz CT molecular complexity index is 482. The molecule has 0 aromatic carbocycles. The minimum Gasteiger partial charge on any atom is -0.379 e. The quantitative estimate of drug-likeness (QED) is 0.153. The summed E-state index contributed by atoms with van der Waals surface area (Å²) in [4.78, 5) is 24.9. The van der Waals surface area contributed by atoms with Crippen LogP contribution in [0.4, 0.5) is 0 Å². The lowest BCUT2D eigenvalue weighted by molar-refractivity contribution is -0.131. The van der Waals surface area contributed by atoms with Crippen LogP contribution in [0, 0.1) is 0 Å². The van der Waals surface area contributed by atoms with Gasteiger partial charge in [0.15, 0.2) is 5.78 Å². The van der Waals surface area contributed by atoms with E-state index >= 15 is 0 Å². The number of carbonyl (C=O) groups excluding carboxylic acids is 2. The van der Waals surface area contributed by atoms with Gasteiger partial charge >= 0.3 is 0 Å². The number of nitrogens with two attached hydrogens (primary N) is 1. The smallest absolute Gasteiger partial charge is 0.246 e. The number of rotatable bonds is 28. The topological polar surface area (TPSA) is 128 Å². The highest BCUT2D eigenvalue weighted by Gasteiger charge is 2.20. The molecule has 0 rings (SSSR count). The first kappa shape index (κ1) is 33.9. The molecule has 0 fully saturated rings. The van der Waals surface area contributed by atoms with Gasteiger partial charge in [-0.2, -0.15) is 0 Å². The second kappa shape index (κ2) is 27.4. The lowest BCUT2D eigenvalue weighted by Crippen LogP contribution is -2.42. The van der Waals surface area contributed by atoms with Crippen molar-refractivity contribution >= 4 is 11.7 Å². The summed E-state index contributed by atoms with van der Waals surface area (Å²) >= 11 is 0. The summed E-state index contributed by atoms with van der Waals surface area (Å²) in [5.74, 6) is -0.308. The maximum absolute atomic E-state index is 12.6. The van der Waals surface area contributed by atoms with Gasteiger partial charge in [0.1, 0.15) is 6.61 Å². The van der Waals surface area contributed by atoms with Gasteiger partial charge in [-0.15, -0.1) is 0 Å². The number of nitrogens with one attached hydrogen (secondary N) is 1. The molecule has 10 nitrogen and oxygen atoms in total. The fraction of sp³-hybridized carbons (Fsp3) is 0.920. The molecule has 0 aromatic rings. The lowest BCUT2D eigenvalue weighted by Gasteiger charge is -2.18. The fourth-order valence-corrected chi connectivity index (χ4v) is 3.00. The van der Waals surface area contributed by atoms with Crippen LogP contribution in [0.25, 0.3) is 0 Å². The third-order valence-electron chi connectivity index (χ3n) is 4.80. The minimum atomic E-state index is -0.531. The predicted octanol–water partition coefficient (Wildman–Crippen LogP) is 1.87. The maximum atomic E-state index is 12.6. The van der Waals surface area contributed by atoms with Crippen LogP contribution in [0.5, 0.6) is 0 Å². The van der Waals surface area contributed by atoms with Crippen molar-refractivity contribution in [2.45, 2.75) is 64.8 Å². The van der Waals surface area contributed by atoms with Gasteiger partial charge < -0.3 is 39.5 Å². The summed E-state index contributed by atoms with van der Waals surface area (Å²) in [7, 11) is 0. The summed E-state index contributed by atoms with van der Waals surface area (Å²) in [5, 5.41) is 2.80. The van der Waals surface area contributed by atoms with Crippen molar-refractivity contribution in [1.82, 2.24) is 5.32 Å². The summed E-state index contributed by atoms with van der Waals surface area (Å²) < 4.78 is 32.3. The standard InChI is InChI=1S/C25H50N2O8/c1-3-11-30-14-17-33-19-16-32-13-7-9-24(28)23(8-5-6-10-26)27-25(29)22-35-21-20-34-18-15-31-12-4-2/h23H,3-22,26H2,1-2H3,(H,27,29)/t23-/m0/s1. The van der Waals surface area contributed by atoms with Crippen molar-refractivity contribution in [3.63, 3.8) is 0 Å². The van der Waals surface area contributed by atoms with Crippen molar-refractivity contribution in [1.29, 1.82) is 0 Å². The van der Waals surface area contributed by atoms with Gasteiger partial charge in [-0.1, -0.05) is 13.8 Å². The van der Waals surface area contributed by atoms with Crippen molar-refractivity contribution in [2.24, 2.45) is 5.73 Å². The number of hydrogen-bond donors (Lipinski definition) is 2. The highest BCUT2D eigenvalue weighted by Crippen LogP contribution is 2.06. The third-order valence-corrected chi connectivity index (χ3v) is 4.80. The normalized spacial score (nSPS) is 12.1. The number of Topliss-reactive ketones (excluding diaryl/α,β-unsaturated/α-hetero) is 1. The van der Waals surface area contributed by atoms with E-state index < -0.39 is 6.04 Å². The van der Waals surface area contributed by atoms with Crippen LogP contribution in [0.3, 0.4) is 0 Å². The van der Waals surface area contributed by atoms with E-state index in [-0.39, 0.29) is 18.3 Å². The van der Waals surface area contributed by atoms with Gasteiger partial charge in [-0.3, -0.25) is 9.59 Å². The van der Waals surface area contributed by atoms with Gasteiger partial charge in [0.2, 0.25) is 5.91 Å². The van der Waals surface area contributed by atoms with Crippen LogP contribution in [-0.2, 0) is 38.0 Å². The van der Waals surface area contributed by atoms with E-state index in [1.54, 1.807) is 0 Å². The van der Waals surface area contributed by atoms with Crippen LogP contribution in [0.15, 0.2) is 0 Å². The van der Waals surface area contributed by atoms with E-state index in [4.69, 9.17) is 34.2 Å². The van der Waals surface area contributed by atoms with E-state index in [1.807, 2.05) is 0 Å². The molecule has 0 saturated carbocycles. The van der Waals surface area contributed by atoms with E-state index in [2.05, 4.69) is 19.2 Å². The molecular formula is C25H50N2O8. The van der Waals surface area contributed by atoms with Gasteiger partial charge in [-0.25, -0.2) is 0 Å². The minimum absolute atomic E-state index is 0.00120. The Labute approximate surface area is 211 Å². The molecule has 1 amide bonds. The zero-order valence-corrected chi connectivity index (χ0v) is 22.1. The lowest BCUT2D eigenvalue weighted by atomic mass is 10.0.